The van der Waals surface area contributed by atoms with Crippen LogP contribution in [0, 0.1) is 6.92 Å². The maximum atomic E-state index is 4.07. The topological polar surface area (TPSA) is 37.8 Å². The molecule has 0 aliphatic heterocycles. The molecule has 0 atom stereocenters. The van der Waals surface area contributed by atoms with E-state index >= 15 is 0 Å². The Hall–Kier alpha value is -0.960. The van der Waals surface area contributed by atoms with E-state index < -0.39 is 0 Å². The molecule has 0 aliphatic rings. The highest BCUT2D eigenvalue weighted by Crippen LogP contribution is 2.01. The lowest BCUT2D eigenvalue weighted by molar-refractivity contribution is 0.420. The van der Waals surface area contributed by atoms with Crippen LogP contribution in [0.25, 0.3) is 0 Å². The average Bonchev–Trinajstić information content (AvgIpc) is 2.02. The second kappa shape index (κ2) is 3.83. The van der Waals surface area contributed by atoms with Gasteiger partial charge in [0.2, 0.25) is 0 Å². The first-order valence-electron chi connectivity index (χ1n) is 4.52. The van der Waals surface area contributed by atoms with Crippen LogP contribution in [-0.2, 0) is 6.54 Å². The van der Waals surface area contributed by atoms with Gasteiger partial charge in [0.15, 0.2) is 0 Å². The van der Waals surface area contributed by atoms with Gasteiger partial charge in [-0.15, -0.1) is 0 Å². The van der Waals surface area contributed by atoms with Gasteiger partial charge in [-0.1, -0.05) is 0 Å². The highest BCUT2D eigenvalue weighted by atomic mass is 15.1. The lowest BCUT2D eigenvalue weighted by atomic mass is 10.1. The van der Waals surface area contributed by atoms with Gasteiger partial charge in [-0.25, -0.2) is 0 Å². The fourth-order valence-corrected chi connectivity index (χ4v) is 0.877. The maximum Gasteiger partial charge on any atom is 0.0769 e. The van der Waals surface area contributed by atoms with E-state index in [1.165, 1.54) is 0 Å². The third-order valence-electron chi connectivity index (χ3n) is 1.65. The zero-order chi connectivity index (χ0) is 9.90. The molecule has 1 N–H and O–H groups in total. The quantitative estimate of drug-likeness (QED) is 0.750. The van der Waals surface area contributed by atoms with Crippen molar-refractivity contribution in [3.8, 4) is 0 Å². The third-order valence-corrected chi connectivity index (χ3v) is 1.65. The highest BCUT2D eigenvalue weighted by molar-refractivity contribution is 5.05. The van der Waals surface area contributed by atoms with Gasteiger partial charge in [0.1, 0.15) is 0 Å². The molecule has 1 heterocycles. The van der Waals surface area contributed by atoms with Crippen molar-refractivity contribution in [3.05, 3.63) is 23.5 Å². The summed E-state index contributed by atoms with van der Waals surface area (Å²) < 4.78 is 0. The molecule has 0 amide bonds. The molecule has 1 aromatic rings. The Morgan fingerprint density at radius 1 is 1.23 bits per heavy atom. The van der Waals surface area contributed by atoms with E-state index in [2.05, 4.69) is 36.3 Å². The second-order valence-electron chi connectivity index (χ2n) is 4.27. The van der Waals surface area contributed by atoms with Crippen LogP contribution in [0.5, 0.6) is 0 Å². The van der Waals surface area contributed by atoms with Crippen LogP contribution in [0.4, 0.5) is 0 Å². The van der Waals surface area contributed by atoms with Crippen molar-refractivity contribution in [1.82, 2.24) is 15.5 Å². The predicted octanol–water partition coefficient (Wildman–Crippen LogP) is 1.67. The van der Waals surface area contributed by atoms with E-state index in [1.54, 1.807) is 0 Å². The zero-order valence-corrected chi connectivity index (χ0v) is 8.76. The number of nitrogens with zero attached hydrogens (tertiary/aromatic N) is 2. The van der Waals surface area contributed by atoms with E-state index in [1.807, 2.05) is 19.1 Å². The van der Waals surface area contributed by atoms with Gasteiger partial charge in [0, 0.05) is 12.1 Å². The molecule has 3 nitrogen and oxygen atoms in total. The smallest absolute Gasteiger partial charge is 0.0769 e. The van der Waals surface area contributed by atoms with Gasteiger partial charge in [0.05, 0.1) is 11.4 Å². The highest BCUT2D eigenvalue weighted by Gasteiger charge is 2.08. The number of hydrogen-bond acceptors (Lipinski definition) is 3. The molecule has 0 spiro atoms. The van der Waals surface area contributed by atoms with Gasteiger partial charge in [-0.05, 0) is 39.8 Å². The van der Waals surface area contributed by atoms with Crippen molar-refractivity contribution in [2.75, 3.05) is 0 Å². The minimum absolute atomic E-state index is 0.132. The van der Waals surface area contributed by atoms with Crippen LogP contribution in [0.3, 0.4) is 0 Å². The Labute approximate surface area is 79.6 Å². The fraction of sp³-hybridized carbons (Fsp3) is 0.600. The lowest BCUT2D eigenvalue weighted by Gasteiger charge is -2.19. The van der Waals surface area contributed by atoms with E-state index in [4.69, 9.17) is 0 Å². The fourth-order valence-electron chi connectivity index (χ4n) is 0.877. The predicted molar refractivity (Wildman–Crippen MR) is 53.4 cm³/mol. The number of nitrogens with one attached hydrogen (secondary N) is 1. The van der Waals surface area contributed by atoms with Crippen molar-refractivity contribution >= 4 is 0 Å². The van der Waals surface area contributed by atoms with Crippen LogP contribution in [-0.4, -0.2) is 15.7 Å². The second-order valence-corrected chi connectivity index (χ2v) is 4.27. The summed E-state index contributed by atoms with van der Waals surface area (Å²) in [6.45, 7) is 9.11. The van der Waals surface area contributed by atoms with Crippen molar-refractivity contribution in [3.63, 3.8) is 0 Å². The van der Waals surface area contributed by atoms with Crippen LogP contribution in [0.15, 0.2) is 12.1 Å². The average molecular weight is 179 g/mol. The normalized spacial score (nSPS) is 11.7. The van der Waals surface area contributed by atoms with Gasteiger partial charge >= 0.3 is 0 Å². The number of aryl methyl sites for hydroxylation is 1. The van der Waals surface area contributed by atoms with Crippen LogP contribution >= 0.6 is 0 Å². The Bertz CT molecular complexity index is 258. The molecule has 0 aliphatic carbocycles. The molecule has 0 bridgehead atoms. The van der Waals surface area contributed by atoms with Crippen molar-refractivity contribution in [2.45, 2.75) is 39.8 Å². The molecule has 0 unspecified atom stereocenters. The number of rotatable bonds is 2. The molecule has 0 aromatic carbocycles. The first-order valence-corrected chi connectivity index (χ1v) is 4.52. The molecule has 3 heteroatoms. The van der Waals surface area contributed by atoms with Gasteiger partial charge in [-0.3, -0.25) is 0 Å². The first kappa shape index (κ1) is 10.1. The summed E-state index contributed by atoms with van der Waals surface area (Å²) in [6.07, 6.45) is 0. The Kier molecular flexibility index (Phi) is 2.98. The Balaban J connectivity index is 2.51. The summed E-state index contributed by atoms with van der Waals surface area (Å²) in [6, 6.07) is 3.98. The standard InChI is InChI=1S/C10H17N3/c1-8-5-6-9(13-12-8)7-11-10(2,3)4/h5-6,11H,7H2,1-4H3. The largest absolute Gasteiger partial charge is 0.306 e. The molecule has 13 heavy (non-hydrogen) atoms. The van der Waals surface area contributed by atoms with Crippen molar-refractivity contribution in [2.24, 2.45) is 0 Å². The monoisotopic (exact) mass is 179 g/mol. The van der Waals surface area contributed by atoms with Crippen LogP contribution in [0.2, 0.25) is 0 Å². The number of hydrogen-bond donors (Lipinski definition) is 1. The van der Waals surface area contributed by atoms with Crippen molar-refractivity contribution < 1.29 is 0 Å². The molecular weight excluding hydrogens is 162 g/mol. The lowest BCUT2D eigenvalue weighted by Crippen LogP contribution is -2.35. The molecular formula is C10H17N3. The third kappa shape index (κ3) is 3.99. The minimum atomic E-state index is 0.132. The molecule has 1 aromatic heterocycles. The Morgan fingerprint density at radius 2 is 1.92 bits per heavy atom. The number of aromatic nitrogens is 2. The summed E-state index contributed by atoms with van der Waals surface area (Å²) in [4.78, 5) is 0. The minimum Gasteiger partial charge on any atom is -0.306 e. The first-order chi connectivity index (χ1) is 5.97. The summed E-state index contributed by atoms with van der Waals surface area (Å²) in [5, 5.41) is 11.4. The van der Waals surface area contributed by atoms with E-state index in [-0.39, 0.29) is 5.54 Å². The molecule has 0 radical (unpaired) electrons. The summed E-state index contributed by atoms with van der Waals surface area (Å²) in [5.74, 6) is 0. The van der Waals surface area contributed by atoms with E-state index in [9.17, 15) is 0 Å². The summed E-state index contributed by atoms with van der Waals surface area (Å²) in [7, 11) is 0. The summed E-state index contributed by atoms with van der Waals surface area (Å²) in [5.41, 5.74) is 2.08. The van der Waals surface area contributed by atoms with Crippen LogP contribution < -0.4 is 5.32 Å². The Morgan fingerprint density at radius 3 is 2.38 bits per heavy atom. The van der Waals surface area contributed by atoms with Gasteiger partial charge < -0.3 is 5.32 Å². The van der Waals surface area contributed by atoms with Gasteiger partial charge in [-0.2, -0.15) is 10.2 Å². The van der Waals surface area contributed by atoms with E-state index in [0.717, 1.165) is 17.9 Å². The van der Waals surface area contributed by atoms with E-state index in [0.29, 0.717) is 0 Å². The van der Waals surface area contributed by atoms with Crippen LogP contribution in [0.1, 0.15) is 32.2 Å². The zero-order valence-electron chi connectivity index (χ0n) is 8.76. The van der Waals surface area contributed by atoms with Gasteiger partial charge in [0.25, 0.3) is 0 Å². The molecule has 0 saturated heterocycles. The molecule has 0 fully saturated rings. The summed E-state index contributed by atoms with van der Waals surface area (Å²) >= 11 is 0. The molecule has 72 valence electrons. The molecule has 1 rings (SSSR count). The SMILES string of the molecule is Cc1ccc(CNC(C)(C)C)nn1. The maximum absolute atomic E-state index is 4.07. The van der Waals surface area contributed by atoms with Crippen molar-refractivity contribution in [1.29, 1.82) is 0 Å². The molecule has 0 saturated carbocycles.